The zero-order valence-corrected chi connectivity index (χ0v) is 16.1. The number of nitrogens with zero attached hydrogens (tertiary/aromatic N) is 6. The first-order valence-corrected chi connectivity index (χ1v) is 9.39. The normalized spacial score (nSPS) is 14.3. The maximum atomic E-state index is 12.6. The molecular formula is C19H17BrN6O. The third kappa shape index (κ3) is 3.95. The molecule has 1 amide bonds. The van der Waals surface area contributed by atoms with E-state index >= 15 is 0 Å². The first kappa shape index (κ1) is 17.5. The van der Waals surface area contributed by atoms with Crippen molar-refractivity contribution in [2.45, 2.75) is 0 Å². The van der Waals surface area contributed by atoms with Gasteiger partial charge in [0.15, 0.2) is 5.82 Å². The van der Waals surface area contributed by atoms with Gasteiger partial charge >= 0.3 is 0 Å². The van der Waals surface area contributed by atoms with Gasteiger partial charge in [0, 0.05) is 61.0 Å². The molecule has 27 heavy (non-hydrogen) atoms. The van der Waals surface area contributed by atoms with E-state index in [1.807, 2.05) is 29.2 Å². The summed E-state index contributed by atoms with van der Waals surface area (Å²) < 4.78 is 0.802. The molecule has 1 aliphatic heterocycles. The lowest BCUT2D eigenvalue weighted by molar-refractivity contribution is 0.0746. The topological polar surface area (TPSA) is 75.1 Å². The van der Waals surface area contributed by atoms with Crippen molar-refractivity contribution >= 4 is 27.7 Å². The predicted octanol–water partition coefficient (Wildman–Crippen LogP) is 2.66. The Morgan fingerprint density at radius 1 is 0.963 bits per heavy atom. The highest BCUT2D eigenvalue weighted by Gasteiger charge is 2.23. The molecule has 3 aromatic heterocycles. The summed E-state index contributed by atoms with van der Waals surface area (Å²) in [5, 5.41) is 8.66. The van der Waals surface area contributed by atoms with Crippen LogP contribution in [0.5, 0.6) is 0 Å². The fraction of sp³-hybridized carbons (Fsp3) is 0.211. The van der Waals surface area contributed by atoms with Gasteiger partial charge in [-0.25, -0.2) is 0 Å². The van der Waals surface area contributed by atoms with Crippen LogP contribution >= 0.6 is 15.9 Å². The van der Waals surface area contributed by atoms with Gasteiger partial charge in [0.05, 0.1) is 11.3 Å². The van der Waals surface area contributed by atoms with Crippen molar-refractivity contribution in [3.8, 4) is 11.3 Å². The van der Waals surface area contributed by atoms with Crippen LogP contribution in [-0.4, -0.2) is 57.2 Å². The fourth-order valence-corrected chi connectivity index (χ4v) is 3.38. The minimum absolute atomic E-state index is 0.00135. The molecule has 0 atom stereocenters. The number of rotatable bonds is 3. The van der Waals surface area contributed by atoms with E-state index in [1.165, 1.54) is 0 Å². The van der Waals surface area contributed by atoms with Gasteiger partial charge in [0.1, 0.15) is 0 Å². The largest absolute Gasteiger partial charge is 0.352 e. The van der Waals surface area contributed by atoms with Gasteiger partial charge in [-0.1, -0.05) is 0 Å². The molecule has 0 aliphatic carbocycles. The van der Waals surface area contributed by atoms with Gasteiger partial charge in [-0.3, -0.25) is 14.8 Å². The summed E-state index contributed by atoms with van der Waals surface area (Å²) in [7, 11) is 0. The van der Waals surface area contributed by atoms with Gasteiger partial charge in [-0.15, -0.1) is 10.2 Å². The molecule has 1 aliphatic rings. The van der Waals surface area contributed by atoms with E-state index in [0.717, 1.165) is 21.5 Å². The number of aromatic nitrogens is 4. The predicted molar refractivity (Wildman–Crippen MR) is 105 cm³/mol. The van der Waals surface area contributed by atoms with Gasteiger partial charge in [-0.2, -0.15) is 0 Å². The number of amides is 1. The smallest absolute Gasteiger partial charge is 0.255 e. The molecule has 4 heterocycles. The summed E-state index contributed by atoms with van der Waals surface area (Å²) in [6, 6.07) is 9.54. The second-order valence-corrected chi connectivity index (χ2v) is 7.11. The van der Waals surface area contributed by atoms with Crippen LogP contribution in [0.25, 0.3) is 11.3 Å². The number of hydrogen-bond donors (Lipinski definition) is 0. The number of carbonyl (C=O) groups excluding carboxylic acids is 1. The van der Waals surface area contributed by atoms with E-state index in [2.05, 4.69) is 41.0 Å². The van der Waals surface area contributed by atoms with Gasteiger partial charge in [0.2, 0.25) is 0 Å². The van der Waals surface area contributed by atoms with Crippen molar-refractivity contribution in [3.63, 3.8) is 0 Å². The summed E-state index contributed by atoms with van der Waals surface area (Å²) in [6.07, 6.45) is 6.77. The number of hydrogen-bond acceptors (Lipinski definition) is 6. The van der Waals surface area contributed by atoms with Crippen LogP contribution in [0.1, 0.15) is 10.4 Å². The average molecular weight is 425 g/mol. The van der Waals surface area contributed by atoms with E-state index in [1.54, 1.807) is 30.9 Å². The molecule has 0 bridgehead atoms. The molecule has 7 nitrogen and oxygen atoms in total. The average Bonchev–Trinajstić information content (AvgIpc) is 2.74. The molecule has 0 aromatic carbocycles. The van der Waals surface area contributed by atoms with Crippen LogP contribution in [0.2, 0.25) is 0 Å². The van der Waals surface area contributed by atoms with Crippen molar-refractivity contribution in [1.82, 2.24) is 25.1 Å². The summed E-state index contributed by atoms with van der Waals surface area (Å²) in [5.41, 5.74) is 2.33. The summed E-state index contributed by atoms with van der Waals surface area (Å²) in [5.74, 6) is 0.820. The second-order valence-electron chi connectivity index (χ2n) is 6.19. The molecule has 1 saturated heterocycles. The molecule has 1 fully saturated rings. The van der Waals surface area contributed by atoms with Crippen molar-refractivity contribution in [2.75, 3.05) is 31.1 Å². The quantitative estimate of drug-likeness (QED) is 0.643. The SMILES string of the molecule is O=C(c1cncc(Br)c1)N1CCN(c2ccc(-c3cccnc3)nn2)CC1. The van der Waals surface area contributed by atoms with E-state index in [9.17, 15) is 4.79 Å². The zero-order chi connectivity index (χ0) is 18.6. The minimum atomic E-state index is 0.00135. The van der Waals surface area contributed by atoms with Crippen LogP contribution in [0.4, 0.5) is 5.82 Å². The van der Waals surface area contributed by atoms with Crippen LogP contribution in [0.3, 0.4) is 0 Å². The third-order valence-corrected chi connectivity index (χ3v) is 4.88. The molecule has 8 heteroatoms. The molecule has 136 valence electrons. The zero-order valence-electron chi connectivity index (χ0n) is 14.5. The number of pyridine rings is 2. The molecular weight excluding hydrogens is 408 g/mol. The monoisotopic (exact) mass is 424 g/mol. The van der Waals surface area contributed by atoms with E-state index in [0.29, 0.717) is 31.7 Å². The van der Waals surface area contributed by atoms with E-state index in [4.69, 9.17) is 0 Å². The molecule has 0 unspecified atom stereocenters. The molecule has 3 aromatic rings. The standard InChI is InChI=1S/C19H17BrN6O/c20-16-10-15(12-22-13-16)19(27)26-8-6-25(7-9-26)18-4-3-17(23-24-18)14-2-1-5-21-11-14/h1-5,10-13H,6-9H2. The van der Waals surface area contributed by atoms with Crippen LogP contribution in [0, 0.1) is 0 Å². The first-order chi connectivity index (χ1) is 13.2. The molecule has 0 saturated carbocycles. The highest BCUT2D eigenvalue weighted by molar-refractivity contribution is 9.10. The number of halogens is 1. The Bertz CT molecular complexity index is 926. The number of anilines is 1. The molecule has 0 N–H and O–H groups in total. The van der Waals surface area contributed by atoms with Crippen LogP contribution < -0.4 is 4.90 Å². The summed E-state index contributed by atoms with van der Waals surface area (Å²) >= 11 is 3.36. The van der Waals surface area contributed by atoms with Gasteiger partial charge in [-0.05, 0) is 46.3 Å². The Balaban J connectivity index is 1.40. The Labute approximate surface area is 165 Å². The Hall–Kier alpha value is -2.87. The van der Waals surface area contributed by atoms with Gasteiger partial charge < -0.3 is 9.80 Å². The lowest BCUT2D eigenvalue weighted by Crippen LogP contribution is -2.49. The lowest BCUT2D eigenvalue weighted by Gasteiger charge is -2.35. The van der Waals surface area contributed by atoms with Gasteiger partial charge in [0.25, 0.3) is 5.91 Å². The molecule has 0 spiro atoms. The van der Waals surface area contributed by atoms with Crippen LogP contribution in [0.15, 0.2) is 59.6 Å². The Kier molecular flexibility index (Phi) is 5.06. The number of carbonyl (C=O) groups is 1. The Morgan fingerprint density at radius 3 is 2.48 bits per heavy atom. The van der Waals surface area contributed by atoms with Crippen molar-refractivity contribution in [1.29, 1.82) is 0 Å². The fourth-order valence-electron chi connectivity index (χ4n) is 3.01. The van der Waals surface area contributed by atoms with Crippen molar-refractivity contribution in [3.05, 3.63) is 65.2 Å². The highest BCUT2D eigenvalue weighted by Crippen LogP contribution is 2.19. The summed E-state index contributed by atoms with van der Waals surface area (Å²) in [4.78, 5) is 24.8. The van der Waals surface area contributed by atoms with Crippen molar-refractivity contribution in [2.24, 2.45) is 0 Å². The third-order valence-electron chi connectivity index (χ3n) is 4.45. The Morgan fingerprint density at radius 2 is 1.81 bits per heavy atom. The second kappa shape index (κ2) is 7.79. The maximum absolute atomic E-state index is 12.6. The number of piperazine rings is 1. The maximum Gasteiger partial charge on any atom is 0.255 e. The van der Waals surface area contributed by atoms with E-state index in [-0.39, 0.29) is 5.91 Å². The van der Waals surface area contributed by atoms with Crippen LogP contribution in [-0.2, 0) is 0 Å². The minimum Gasteiger partial charge on any atom is -0.352 e. The molecule has 4 rings (SSSR count). The van der Waals surface area contributed by atoms with Crippen molar-refractivity contribution < 1.29 is 4.79 Å². The molecule has 0 radical (unpaired) electrons. The summed E-state index contributed by atoms with van der Waals surface area (Å²) in [6.45, 7) is 2.71. The first-order valence-electron chi connectivity index (χ1n) is 8.59. The lowest BCUT2D eigenvalue weighted by atomic mass is 10.2. The highest BCUT2D eigenvalue weighted by atomic mass is 79.9. The van der Waals surface area contributed by atoms with E-state index < -0.39 is 0 Å².